The molecule has 0 aromatic heterocycles. The summed E-state index contributed by atoms with van der Waals surface area (Å²) in [6.07, 6.45) is 5.19. The van der Waals surface area contributed by atoms with Crippen molar-refractivity contribution in [1.29, 1.82) is 0 Å². The zero-order valence-corrected chi connectivity index (χ0v) is 11.5. The van der Waals surface area contributed by atoms with Crippen molar-refractivity contribution in [3.8, 4) is 0 Å². The Kier molecular flexibility index (Phi) is 5.95. The lowest BCUT2D eigenvalue weighted by molar-refractivity contribution is -0.144. The first kappa shape index (κ1) is 14.8. The second-order valence-electron chi connectivity index (χ2n) is 4.99. The van der Waals surface area contributed by atoms with E-state index in [1.807, 2.05) is 13.8 Å². The number of nitrogens with one attached hydrogen (secondary N) is 2. The van der Waals surface area contributed by atoms with Gasteiger partial charge in [-0.3, -0.25) is 0 Å². The number of urea groups is 1. The van der Waals surface area contributed by atoms with Gasteiger partial charge in [0.2, 0.25) is 0 Å². The van der Waals surface area contributed by atoms with Gasteiger partial charge in [0, 0.05) is 6.04 Å². The molecule has 0 aromatic rings. The lowest BCUT2D eigenvalue weighted by atomic mass is 9.99. The molecule has 2 unspecified atom stereocenters. The van der Waals surface area contributed by atoms with Crippen molar-refractivity contribution in [3.05, 3.63) is 0 Å². The van der Waals surface area contributed by atoms with Gasteiger partial charge in [-0.1, -0.05) is 33.1 Å². The van der Waals surface area contributed by atoms with Crippen LogP contribution < -0.4 is 10.6 Å². The maximum Gasteiger partial charge on any atom is 0.328 e. The molecular weight excluding hydrogens is 232 g/mol. The Morgan fingerprint density at radius 2 is 1.94 bits per heavy atom. The Labute approximate surface area is 109 Å². The van der Waals surface area contributed by atoms with E-state index in [0.717, 1.165) is 32.1 Å². The highest BCUT2D eigenvalue weighted by Gasteiger charge is 2.27. The summed E-state index contributed by atoms with van der Waals surface area (Å²) in [6.45, 7) is 3.91. The van der Waals surface area contributed by atoms with Crippen LogP contribution in [0.25, 0.3) is 0 Å². The van der Waals surface area contributed by atoms with Crippen LogP contribution in [0.4, 0.5) is 4.79 Å². The number of hydrogen-bond donors (Lipinski definition) is 2. The number of amides is 2. The highest BCUT2D eigenvalue weighted by atomic mass is 16.5. The summed E-state index contributed by atoms with van der Waals surface area (Å²) in [5.41, 5.74) is 0. The minimum absolute atomic E-state index is 0.0618. The van der Waals surface area contributed by atoms with Gasteiger partial charge in [0.05, 0.1) is 7.11 Å². The molecule has 1 rings (SSSR count). The van der Waals surface area contributed by atoms with Gasteiger partial charge in [-0.15, -0.1) is 0 Å². The minimum atomic E-state index is -0.568. The summed E-state index contributed by atoms with van der Waals surface area (Å²) in [7, 11) is 1.34. The van der Waals surface area contributed by atoms with Crippen molar-refractivity contribution in [1.82, 2.24) is 10.6 Å². The van der Waals surface area contributed by atoms with Crippen molar-refractivity contribution in [3.63, 3.8) is 0 Å². The molecule has 2 atom stereocenters. The fourth-order valence-electron chi connectivity index (χ4n) is 2.23. The molecule has 0 aliphatic heterocycles. The lowest BCUT2D eigenvalue weighted by Gasteiger charge is -2.23. The van der Waals surface area contributed by atoms with Crippen molar-refractivity contribution >= 4 is 12.0 Å². The smallest absolute Gasteiger partial charge is 0.328 e. The molecule has 1 aliphatic rings. The number of rotatable bonds is 5. The summed E-state index contributed by atoms with van der Waals surface area (Å²) >= 11 is 0. The molecule has 5 heteroatoms. The molecule has 1 saturated carbocycles. The third kappa shape index (κ3) is 4.20. The third-order valence-corrected chi connectivity index (χ3v) is 3.65. The number of carbonyl (C=O) groups excluding carboxylic acids is 2. The normalized spacial score (nSPS) is 19.1. The molecule has 104 valence electrons. The first-order chi connectivity index (χ1) is 8.58. The van der Waals surface area contributed by atoms with E-state index in [-0.39, 0.29) is 24.0 Å². The monoisotopic (exact) mass is 256 g/mol. The van der Waals surface area contributed by atoms with Crippen LogP contribution in [0.2, 0.25) is 0 Å². The SMILES string of the molecule is CCC(C)C(NC(=O)NC1CCCC1)C(=O)OC. The molecule has 0 saturated heterocycles. The lowest BCUT2D eigenvalue weighted by Crippen LogP contribution is -2.51. The average molecular weight is 256 g/mol. The molecule has 5 nitrogen and oxygen atoms in total. The van der Waals surface area contributed by atoms with Gasteiger partial charge >= 0.3 is 12.0 Å². The van der Waals surface area contributed by atoms with Gasteiger partial charge in [-0.05, 0) is 18.8 Å². The van der Waals surface area contributed by atoms with E-state index in [0.29, 0.717) is 0 Å². The van der Waals surface area contributed by atoms with E-state index in [1.54, 1.807) is 0 Å². The van der Waals surface area contributed by atoms with Crippen LogP contribution in [-0.2, 0) is 9.53 Å². The minimum Gasteiger partial charge on any atom is -0.467 e. The first-order valence-electron chi connectivity index (χ1n) is 6.73. The van der Waals surface area contributed by atoms with Crippen LogP contribution in [0, 0.1) is 5.92 Å². The summed E-state index contributed by atoms with van der Waals surface area (Å²) in [5, 5.41) is 5.63. The Bertz CT molecular complexity index is 288. The Balaban J connectivity index is 2.48. The van der Waals surface area contributed by atoms with Crippen LogP contribution in [0.5, 0.6) is 0 Å². The predicted octanol–water partition coefficient (Wildman–Crippen LogP) is 1.82. The Morgan fingerprint density at radius 3 is 2.44 bits per heavy atom. The van der Waals surface area contributed by atoms with E-state index in [2.05, 4.69) is 10.6 Å². The summed E-state index contributed by atoms with van der Waals surface area (Å²) in [6, 6.07) is -0.584. The molecule has 0 radical (unpaired) electrons. The predicted molar refractivity (Wildman–Crippen MR) is 69.2 cm³/mol. The topological polar surface area (TPSA) is 67.4 Å². The third-order valence-electron chi connectivity index (χ3n) is 3.65. The molecular formula is C13H24N2O3. The summed E-state index contributed by atoms with van der Waals surface area (Å²) in [5.74, 6) is -0.322. The van der Waals surface area contributed by atoms with Crippen molar-refractivity contribution in [2.45, 2.75) is 58.0 Å². The Hall–Kier alpha value is -1.26. The molecule has 0 bridgehead atoms. The van der Waals surface area contributed by atoms with Gasteiger partial charge in [-0.25, -0.2) is 9.59 Å². The van der Waals surface area contributed by atoms with E-state index < -0.39 is 6.04 Å². The second-order valence-corrected chi connectivity index (χ2v) is 4.99. The van der Waals surface area contributed by atoms with Crippen molar-refractivity contribution in [2.75, 3.05) is 7.11 Å². The second kappa shape index (κ2) is 7.24. The van der Waals surface area contributed by atoms with E-state index in [9.17, 15) is 9.59 Å². The van der Waals surface area contributed by atoms with Gasteiger partial charge in [0.25, 0.3) is 0 Å². The van der Waals surface area contributed by atoms with Gasteiger partial charge in [0.15, 0.2) is 0 Å². The van der Waals surface area contributed by atoms with Gasteiger partial charge in [-0.2, -0.15) is 0 Å². The van der Waals surface area contributed by atoms with Crippen LogP contribution in [0.3, 0.4) is 0 Å². The number of methoxy groups -OCH3 is 1. The quantitative estimate of drug-likeness (QED) is 0.737. The molecule has 1 fully saturated rings. The fourth-order valence-corrected chi connectivity index (χ4v) is 2.23. The van der Waals surface area contributed by atoms with Crippen LogP contribution >= 0.6 is 0 Å². The fraction of sp³-hybridized carbons (Fsp3) is 0.846. The number of carbonyl (C=O) groups is 2. The highest BCUT2D eigenvalue weighted by molar-refractivity contribution is 5.83. The molecule has 0 spiro atoms. The zero-order chi connectivity index (χ0) is 13.5. The molecule has 18 heavy (non-hydrogen) atoms. The zero-order valence-electron chi connectivity index (χ0n) is 11.5. The molecule has 1 aliphatic carbocycles. The Morgan fingerprint density at radius 1 is 1.33 bits per heavy atom. The molecule has 0 aromatic carbocycles. The van der Waals surface area contributed by atoms with Crippen LogP contribution in [-0.4, -0.2) is 31.2 Å². The van der Waals surface area contributed by atoms with Crippen molar-refractivity contribution in [2.24, 2.45) is 5.92 Å². The summed E-state index contributed by atoms with van der Waals surface area (Å²) < 4.78 is 4.72. The van der Waals surface area contributed by atoms with Crippen molar-refractivity contribution < 1.29 is 14.3 Å². The number of hydrogen-bond acceptors (Lipinski definition) is 3. The van der Waals surface area contributed by atoms with E-state index in [1.165, 1.54) is 7.11 Å². The largest absolute Gasteiger partial charge is 0.467 e. The molecule has 0 heterocycles. The van der Waals surface area contributed by atoms with E-state index in [4.69, 9.17) is 4.74 Å². The van der Waals surface area contributed by atoms with Crippen LogP contribution in [0.1, 0.15) is 46.0 Å². The van der Waals surface area contributed by atoms with E-state index >= 15 is 0 Å². The molecule has 2 amide bonds. The van der Waals surface area contributed by atoms with Gasteiger partial charge < -0.3 is 15.4 Å². The maximum absolute atomic E-state index is 11.8. The molecule has 2 N–H and O–H groups in total. The number of ether oxygens (including phenoxy) is 1. The van der Waals surface area contributed by atoms with Gasteiger partial charge in [0.1, 0.15) is 6.04 Å². The van der Waals surface area contributed by atoms with Crippen LogP contribution in [0.15, 0.2) is 0 Å². The highest BCUT2D eigenvalue weighted by Crippen LogP contribution is 2.17. The first-order valence-corrected chi connectivity index (χ1v) is 6.73. The standard InChI is InChI=1S/C13H24N2O3/c1-4-9(2)11(12(16)18-3)15-13(17)14-10-7-5-6-8-10/h9-11H,4-8H2,1-3H3,(H2,14,15,17). The average Bonchev–Trinajstić information content (AvgIpc) is 2.86. The maximum atomic E-state index is 11.8. The number of esters is 1. The summed E-state index contributed by atoms with van der Waals surface area (Å²) in [4.78, 5) is 23.4.